The molecule has 4 aliphatic carbocycles. The normalized spacial score (nSPS) is 30.6. The van der Waals surface area contributed by atoms with Crippen LogP contribution in [0.15, 0.2) is 42.5 Å². The summed E-state index contributed by atoms with van der Waals surface area (Å²) in [6, 6.07) is 12.5. The Labute approximate surface area is 182 Å². The fourth-order valence-electron chi connectivity index (χ4n) is 7.11. The SMILES string of the molecule is O=C(O)C=Cc1ccc(-c2cc3c(c(C45CC6CC(CC(C6)C4)C5)c2)OCCO3)cc1. The summed E-state index contributed by atoms with van der Waals surface area (Å²) in [6.45, 7) is 1.21. The number of aliphatic carboxylic acids is 1. The number of rotatable bonds is 4. The van der Waals surface area contributed by atoms with Gasteiger partial charge in [0.1, 0.15) is 13.2 Å². The molecular formula is C27H28O4. The van der Waals surface area contributed by atoms with E-state index in [1.807, 2.05) is 12.1 Å². The molecule has 1 N–H and O–H groups in total. The fourth-order valence-corrected chi connectivity index (χ4v) is 7.11. The van der Waals surface area contributed by atoms with Crippen molar-refractivity contribution in [3.05, 3.63) is 53.6 Å². The van der Waals surface area contributed by atoms with E-state index in [0.29, 0.717) is 13.2 Å². The second kappa shape index (κ2) is 7.15. The Bertz CT molecular complexity index is 1010. The molecule has 4 saturated carbocycles. The predicted octanol–water partition coefficient (Wildman–Crippen LogP) is 5.69. The van der Waals surface area contributed by atoms with Crippen molar-refractivity contribution in [3.8, 4) is 22.6 Å². The lowest BCUT2D eigenvalue weighted by Gasteiger charge is -2.57. The van der Waals surface area contributed by atoms with E-state index in [0.717, 1.165) is 45.9 Å². The summed E-state index contributed by atoms with van der Waals surface area (Å²) in [4.78, 5) is 10.8. The van der Waals surface area contributed by atoms with Crippen molar-refractivity contribution in [2.75, 3.05) is 13.2 Å². The molecule has 7 rings (SSSR count). The smallest absolute Gasteiger partial charge is 0.328 e. The van der Waals surface area contributed by atoms with Crippen LogP contribution < -0.4 is 9.47 Å². The standard InChI is InChI=1S/C27H28O4/c28-25(29)6-3-17-1-4-21(5-2-17)22-12-23(26-24(13-22)30-7-8-31-26)27-14-18-9-19(15-27)11-20(10-18)16-27/h1-6,12-13,18-20H,7-11,14-16H2,(H,28,29). The minimum Gasteiger partial charge on any atom is -0.486 e. The minimum atomic E-state index is -0.934. The molecule has 160 valence electrons. The van der Waals surface area contributed by atoms with E-state index in [-0.39, 0.29) is 5.41 Å². The largest absolute Gasteiger partial charge is 0.486 e. The molecule has 0 radical (unpaired) electrons. The zero-order valence-electron chi connectivity index (χ0n) is 17.7. The lowest BCUT2D eigenvalue weighted by atomic mass is 9.48. The van der Waals surface area contributed by atoms with Gasteiger partial charge in [-0.1, -0.05) is 24.3 Å². The van der Waals surface area contributed by atoms with Crippen molar-refractivity contribution >= 4 is 12.0 Å². The van der Waals surface area contributed by atoms with Crippen molar-refractivity contribution in [2.24, 2.45) is 17.8 Å². The number of fused-ring (bicyclic) bond motifs is 1. The highest BCUT2D eigenvalue weighted by Gasteiger charge is 2.53. The summed E-state index contributed by atoms with van der Waals surface area (Å²) < 4.78 is 12.3. The maximum Gasteiger partial charge on any atom is 0.328 e. The van der Waals surface area contributed by atoms with Crippen molar-refractivity contribution in [1.82, 2.24) is 0 Å². The van der Waals surface area contributed by atoms with Gasteiger partial charge in [-0.15, -0.1) is 0 Å². The Kier molecular flexibility index (Phi) is 4.38. The maximum absolute atomic E-state index is 10.8. The highest BCUT2D eigenvalue weighted by molar-refractivity contribution is 5.85. The molecule has 5 aliphatic rings. The van der Waals surface area contributed by atoms with Crippen LogP contribution in [-0.2, 0) is 10.2 Å². The van der Waals surface area contributed by atoms with E-state index < -0.39 is 5.97 Å². The summed E-state index contributed by atoms with van der Waals surface area (Å²) in [5, 5.41) is 8.85. The number of hydrogen-bond acceptors (Lipinski definition) is 3. The Morgan fingerprint density at radius 2 is 1.55 bits per heavy atom. The molecule has 0 saturated heterocycles. The van der Waals surface area contributed by atoms with Gasteiger partial charge >= 0.3 is 5.97 Å². The molecule has 0 atom stereocenters. The van der Waals surface area contributed by atoms with Crippen molar-refractivity contribution < 1.29 is 19.4 Å². The first-order valence-corrected chi connectivity index (χ1v) is 11.5. The van der Waals surface area contributed by atoms with Crippen LogP contribution >= 0.6 is 0 Å². The third kappa shape index (κ3) is 3.33. The molecule has 1 aliphatic heterocycles. The monoisotopic (exact) mass is 416 g/mol. The minimum absolute atomic E-state index is 0.236. The quantitative estimate of drug-likeness (QED) is 0.651. The molecule has 0 spiro atoms. The van der Waals surface area contributed by atoms with Gasteiger partial charge in [0.05, 0.1) is 0 Å². The molecule has 0 amide bonds. The Morgan fingerprint density at radius 1 is 0.903 bits per heavy atom. The first-order valence-electron chi connectivity index (χ1n) is 11.5. The molecule has 2 aromatic rings. The zero-order valence-corrected chi connectivity index (χ0v) is 17.7. The van der Waals surface area contributed by atoms with Gasteiger partial charge in [0.15, 0.2) is 11.5 Å². The number of hydrogen-bond donors (Lipinski definition) is 1. The lowest BCUT2D eigenvalue weighted by molar-refractivity contribution is -0.131. The molecule has 31 heavy (non-hydrogen) atoms. The van der Waals surface area contributed by atoms with Gasteiger partial charge in [0.2, 0.25) is 0 Å². The topological polar surface area (TPSA) is 55.8 Å². The van der Waals surface area contributed by atoms with Gasteiger partial charge in [0.25, 0.3) is 0 Å². The highest BCUT2D eigenvalue weighted by Crippen LogP contribution is 2.63. The van der Waals surface area contributed by atoms with Gasteiger partial charge in [-0.3, -0.25) is 0 Å². The molecule has 4 bridgehead atoms. The molecular weight excluding hydrogens is 388 g/mol. The number of carboxylic acid groups (broad SMARTS) is 1. The summed E-state index contributed by atoms with van der Waals surface area (Å²) in [7, 11) is 0. The van der Waals surface area contributed by atoms with Gasteiger partial charge in [-0.2, -0.15) is 0 Å². The number of benzene rings is 2. The van der Waals surface area contributed by atoms with E-state index in [9.17, 15) is 4.79 Å². The van der Waals surface area contributed by atoms with E-state index >= 15 is 0 Å². The van der Waals surface area contributed by atoms with E-state index in [2.05, 4.69) is 24.3 Å². The van der Waals surface area contributed by atoms with Crippen LogP contribution in [0.4, 0.5) is 0 Å². The molecule has 4 heteroatoms. The van der Waals surface area contributed by atoms with E-state index in [4.69, 9.17) is 14.6 Å². The van der Waals surface area contributed by atoms with Gasteiger partial charge in [-0.25, -0.2) is 4.79 Å². The van der Waals surface area contributed by atoms with Crippen LogP contribution in [-0.4, -0.2) is 24.3 Å². The van der Waals surface area contributed by atoms with Crippen LogP contribution in [0.5, 0.6) is 11.5 Å². The fraction of sp³-hybridized carbons (Fsp3) is 0.444. The van der Waals surface area contributed by atoms with E-state index in [1.165, 1.54) is 50.2 Å². The van der Waals surface area contributed by atoms with Crippen LogP contribution in [0.1, 0.15) is 49.7 Å². The van der Waals surface area contributed by atoms with Gasteiger partial charge in [0, 0.05) is 11.6 Å². The number of ether oxygens (including phenoxy) is 2. The number of carboxylic acids is 1. The molecule has 0 unspecified atom stereocenters. The van der Waals surface area contributed by atoms with Crippen LogP contribution in [0.25, 0.3) is 17.2 Å². The van der Waals surface area contributed by atoms with E-state index in [1.54, 1.807) is 6.08 Å². The molecule has 4 fully saturated rings. The first kappa shape index (κ1) is 19.0. The summed E-state index contributed by atoms with van der Waals surface area (Å²) in [6.07, 6.45) is 10.9. The van der Waals surface area contributed by atoms with Crippen molar-refractivity contribution in [2.45, 2.75) is 43.9 Å². The third-order valence-electron chi connectivity index (χ3n) is 7.91. The van der Waals surface area contributed by atoms with Crippen LogP contribution in [0.2, 0.25) is 0 Å². The summed E-state index contributed by atoms with van der Waals surface area (Å²) in [5.41, 5.74) is 4.76. The third-order valence-corrected chi connectivity index (χ3v) is 7.91. The van der Waals surface area contributed by atoms with Crippen LogP contribution in [0, 0.1) is 17.8 Å². The molecule has 1 heterocycles. The second-order valence-corrected chi connectivity index (χ2v) is 10.0. The second-order valence-electron chi connectivity index (χ2n) is 10.0. The van der Waals surface area contributed by atoms with Gasteiger partial charge in [-0.05, 0) is 96.6 Å². The highest BCUT2D eigenvalue weighted by atomic mass is 16.6. The zero-order chi connectivity index (χ0) is 21.0. The molecule has 2 aromatic carbocycles. The Balaban J connectivity index is 1.42. The van der Waals surface area contributed by atoms with Crippen LogP contribution in [0.3, 0.4) is 0 Å². The lowest BCUT2D eigenvalue weighted by Crippen LogP contribution is -2.48. The first-order chi connectivity index (χ1) is 15.1. The Hall–Kier alpha value is -2.75. The van der Waals surface area contributed by atoms with Gasteiger partial charge < -0.3 is 14.6 Å². The average molecular weight is 417 g/mol. The summed E-state index contributed by atoms with van der Waals surface area (Å²) >= 11 is 0. The average Bonchev–Trinajstić information content (AvgIpc) is 2.76. The van der Waals surface area contributed by atoms with Crippen molar-refractivity contribution in [1.29, 1.82) is 0 Å². The Morgan fingerprint density at radius 3 is 2.19 bits per heavy atom. The predicted molar refractivity (Wildman–Crippen MR) is 119 cm³/mol. The maximum atomic E-state index is 10.8. The summed E-state index contributed by atoms with van der Waals surface area (Å²) in [5.74, 6) is 3.54. The van der Waals surface area contributed by atoms with Crippen molar-refractivity contribution in [3.63, 3.8) is 0 Å². The number of carbonyl (C=O) groups is 1. The molecule has 4 nitrogen and oxygen atoms in total. The molecule has 0 aromatic heterocycles.